The van der Waals surface area contributed by atoms with Crippen LogP contribution in [0.3, 0.4) is 0 Å². The second-order valence-electron chi connectivity index (χ2n) is 11.7. The second kappa shape index (κ2) is 6.82. The first-order valence-electron chi connectivity index (χ1n) is 11.8. The van der Waals surface area contributed by atoms with Crippen LogP contribution in [0.5, 0.6) is 0 Å². The van der Waals surface area contributed by atoms with Crippen LogP contribution in [0.2, 0.25) is 0 Å². The van der Waals surface area contributed by atoms with Gasteiger partial charge in [-0.2, -0.15) is 0 Å². The number of esters is 1. The molecule has 184 valence electrons. The Morgan fingerprint density at radius 2 is 1.91 bits per heavy atom. The van der Waals surface area contributed by atoms with E-state index in [1.54, 1.807) is 32.3 Å². The third kappa shape index (κ3) is 2.64. The zero-order valence-electron chi connectivity index (χ0n) is 20.2. The minimum atomic E-state index is -1.22. The molecule has 4 fully saturated rings. The number of furan rings is 1. The van der Waals surface area contributed by atoms with E-state index in [2.05, 4.69) is 0 Å². The standard InChI is InChI=1S/C26H32O8/c1-22(2,31)16-12-17(27)25(5)15(23(16,3)9-7-18(28)29)6-10-24(4)19(14-8-11-32-13-14)33-21(30)20-26(24,25)34-20/h7-9,11,13,15-16,19-20,31H,6,10,12H2,1-5H3,(H,28,29)/b9-7+/t15?,16?,19?,20-,23-,24?,25+,26-/m1/s1. The van der Waals surface area contributed by atoms with Crippen molar-refractivity contribution in [2.75, 3.05) is 0 Å². The molecule has 5 rings (SSSR count). The van der Waals surface area contributed by atoms with Crippen molar-refractivity contribution in [3.8, 4) is 0 Å². The maximum atomic E-state index is 14.1. The van der Waals surface area contributed by atoms with Gasteiger partial charge in [-0.3, -0.25) is 4.79 Å². The summed E-state index contributed by atoms with van der Waals surface area (Å²) in [5, 5.41) is 20.5. The Balaban J connectivity index is 1.69. The van der Waals surface area contributed by atoms with Gasteiger partial charge in [-0.25, -0.2) is 9.59 Å². The van der Waals surface area contributed by atoms with Crippen molar-refractivity contribution in [1.29, 1.82) is 0 Å². The molecule has 1 aromatic heterocycles. The summed E-state index contributed by atoms with van der Waals surface area (Å²) in [4.78, 5) is 38.6. The number of carboxylic acids is 1. The quantitative estimate of drug-likeness (QED) is 0.388. The Bertz CT molecular complexity index is 1080. The number of carbonyl (C=O) groups is 3. The highest BCUT2D eigenvalue weighted by Crippen LogP contribution is 2.78. The Kier molecular flexibility index (Phi) is 4.67. The van der Waals surface area contributed by atoms with Crippen LogP contribution in [0.25, 0.3) is 0 Å². The second-order valence-corrected chi connectivity index (χ2v) is 11.7. The molecule has 2 saturated carbocycles. The highest BCUT2D eigenvalue weighted by molar-refractivity contribution is 5.93. The molecule has 8 heteroatoms. The summed E-state index contributed by atoms with van der Waals surface area (Å²) >= 11 is 0. The number of hydrogen-bond donors (Lipinski definition) is 2. The summed E-state index contributed by atoms with van der Waals surface area (Å²) in [6.45, 7) is 9.13. The Labute approximate surface area is 198 Å². The van der Waals surface area contributed by atoms with E-state index in [4.69, 9.17) is 13.9 Å². The number of hydrogen-bond acceptors (Lipinski definition) is 7. The monoisotopic (exact) mass is 472 g/mol. The van der Waals surface area contributed by atoms with Crippen LogP contribution in [0.15, 0.2) is 35.2 Å². The SMILES string of the molecule is CC(C)(O)C1CC(=O)[C@]2(C)C(CCC3(C)C(c4ccoc4)OC(=O)[C@H]4O[C@]432)[C@@]1(C)/C=C/C(=O)O. The largest absolute Gasteiger partial charge is 0.478 e. The van der Waals surface area contributed by atoms with Gasteiger partial charge in [-0.15, -0.1) is 0 Å². The van der Waals surface area contributed by atoms with Crippen LogP contribution in [0.1, 0.15) is 65.5 Å². The highest BCUT2D eigenvalue weighted by atomic mass is 16.7. The van der Waals surface area contributed by atoms with Crippen LogP contribution >= 0.6 is 0 Å². The zero-order valence-corrected chi connectivity index (χ0v) is 20.2. The van der Waals surface area contributed by atoms with Crippen molar-refractivity contribution >= 4 is 17.7 Å². The molecule has 1 aromatic rings. The third-order valence-corrected chi connectivity index (χ3v) is 9.67. The molecular weight excluding hydrogens is 440 g/mol. The van der Waals surface area contributed by atoms with Gasteiger partial charge in [0.1, 0.15) is 17.5 Å². The van der Waals surface area contributed by atoms with Crippen LogP contribution < -0.4 is 0 Å². The van der Waals surface area contributed by atoms with E-state index in [0.29, 0.717) is 12.8 Å². The number of fused-ring (bicyclic) bond motifs is 1. The van der Waals surface area contributed by atoms with E-state index in [-0.39, 0.29) is 18.1 Å². The Morgan fingerprint density at radius 1 is 1.21 bits per heavy atom. The average molecular weight is 473 g/mol. The van der Waals surface area contributed by atoms with Crippen LogP contribution in [0.4, 0.5) is 0 Å². The van der Waals surface area contributed by atoms with Crippen LogP contribution in [-0.2, 0) is 23.9 Å². The molecule has 4 aliphatic rings. The number of allylic oxidation sites excluding steroid dienone is 1. The fourth-order valence-corrected chi connectivity index (χ4v) is 8.15. The molecule has 0 amide bonds. The third-order valence-electron chi connectivity index (χ3n) is 9.67. The van der Waals surface area contributed by atoms with Crippen molar-refractivity contribution in [3.63, 3.8) is 0 Å². The first-order chi connectivity index (χ1) is 15.7. The van der Waals surface area contributed by atoms with E-state index in [0.717, 1.165) is 11.6 Å². The average Bonchev–Trinajstić information content (AvgIpc) is 3.31. The summed E-state index contributed by atoms with van der Waals surface area (Å²) < 4.78 is 17.4. The van der Waals surface area contributed by atoms with Gasteiger partial charge in [0, 0.05) is 29.4 Å². The van der Waals surface area contributed by atoms with Crippen molar-refractivity contribution in [1.82, 2.24) is 0 Å². The summed E-state index contributed by atoms with van der Waals surface area (Å²) in [7, 11) is 0. The molecule has 8 nitrogen and oxygen atoms in total. The predicted octanol–water partition coefficient (Wildman–Crippen LogP) is 3.44. The normalized spacial score (nSPS) is 45.8. The molecule has 2 aliphatic carbocycles. The number of ether oxygens (including phenoxy) is 2. The molecule has 8 atom stereocenters. The smallest absolute Gasteiger partial charge is 0.339 e. The predicted molar refractivity (Wildman–Crippen MR) is 118 cm³/mol. The minimum Gasteiger partial charge on any atom is -0.478 e. The highest BCUT2D eigenvalue weighted by Gasteiger charge is 2.88. The number of carboxylic acid groups (broad SMARTS) is 1. The molecule has 34 heavy (non-hydrogen) atoms. The molecule has 3 heterocycles. The van der Waals surface area contributed by atoms with Crippen LogP contribution in [0, 0.1) is 28.1 Å². The van der Waals surface area contributed by atoms with E-state index in [1.165, 1.54) is 6.26 Å². The van der Waals surface area contributed by atoms with Gasteiger partial charge in [0.25, 0.3) is 0 Å². The van der Waals surface area contributed by atoms with Gasteiger partial charge in [0.2, 0.25) is 0 Å². The lowest BCUT2D eigenvalue weighted by Crippen LogP contribution is -2.71. The van der Waals surface area contributed by atoms with Crippen molar-refractivity contribution in [2.45, 2.75) is 77.3 Å². The van der Waals surface area contributed by atoms with Crippen molar-refractivity contribution in [2.24, 2.45) is 28.1 Å². The lowest BCUT2D eigenvalue weighted by atomic mass is 9.37. The Morgan fingerprint density at radius 3 is 2.50 bits per heavy atom. The molecule has 1 spiro atoms. The van der Waals surface area contributed by atoms with Crippen LogP contribution in [-0.4, -0.2) is 45.2 Å². The lowest BCUT2D eigenvalue weighted by molar-refractivity contribution is -0.213. The number of aliphatic carboxylic acids is 1. The number of Topliss-reactive ketones (excluding diaryl/α,β-unsaturated/α-hetero) is 1. The van der Waals surface area contributed by atoms with E-state index >= 15 is 0 Å². The number of cyclic esters (lactones) is 1. The molecule has 2 saturated heterocycles. The van der Waals surface area contributed by atoms with Gasteiger partial charge in [-0.1, -0.05) is 19.9 Å². The molecule has 2 aliphatic heterocycles. The first kappa shape index (κ1) is 23.3. The summed E-state index contributed by atoms with van der Waals surface area (Å²) in [5.74, 6) is -2.50. The number of rotatable bonds is 4. The molecule has 0 bridgehead atoms. The molecule has 0 aromatic carbocycles. The maximum Gasteiger partial charge on any atom is 0.339 e. The van der Waals surface area contributed by atoms with Gasteiger partial charge in [0.15, 0.2) is 6.10 Å². The Hall–Kier alpha value is -2.45. The summed E-state index contributed by atoms with van der Waals surface area (Å²) in [6, 6.07) is 1.76. The topological polar surface area (TPSA) is 127 Å². The zero-order chi connectivity index (χ0) is 24.9. The number of aliphatic hydroxyl groups is 1. The molecule has 0 radical (unpaired) electrons. The number of epoxide rings is 1. The van der Waals surface area contributed by atoms with Gasteiger partial charge in [-0.05, 0) is 51.0 Å². The van der Waals surface area contributed by atoms with Gasteiger partial charge in [0.05, 0.1) is 23.5 Å². The lowest BCUT2D eigenvalue weighted by Gasteiger charge is -2.65. The van der Waals surface area contributed by atoms with E-state index in [9.17, 15) is 24.6 Å². The molecule has 4 unspecified atom stereocenters. The number of carbonyl (C=O) groups excluding carboxylic acids is 2. The number of ketones is 1. The molecule has 2 N–H and O–H groups in total. The van der Waals surface area contributed by atoms with Crippen molar-refractivity contribution in [3.05, 3.63) is 36.3 Å². The molecular formula is C26H32O8. The van der Waals surface area contributed by atoms with Gasteiger partial charge < -0.3 is 24.1 Å². The summed E-state index contributed by atoms with van der Waals surface area (Å²) in [5.41, 5.74) is -4.17. The minimum absolute atomic E-state index is 0.0519. The maximum absolute atomic E-state index is 14.1. The summed E-state index contributed by atoms with van der Waals surface area (Å²) in [6.07, 6.45) is 5.56. The van der Waals surface area contributed by atoms with E-state index in [1.807, 2.05) is 20.8 Å². The fraction of sp³-hybridized carbons (Fsp3) is 0.654. The van der Waals surface area contributed by atoms with Crippen molar-refractivity contribution < 1.29 is 38.5 Å². The first-order valence-corrected chi connectivity index (χ1v) is 11.8. The van der Waals surface area contributed by atoms with E-state index < -0.39 is 57.5 Å². The fourth-order valence-electron chi connectivity index (χ4n) is 8.15. The van der Waals surface area contributed by atoms with Gasteiger partial charge >= 0.3 is 11.9 Å².